The maximum Gasteiger partial charge on any atom is 0.337 e. The van der Waals surface area contributed by atoms with Crippen molar-refractivity contribution in [2.45, 2.75) is 64.1 Å². The zero-order valence-corrected chi connectivity index (χ0v) is 17.1. The monoisotopic (exact) mass is 388 g/mol. The molecule has 0 radical (unpaired) electrons. The van der Waals surface area contributed by atoms with E-state index in [-0.39, 0.29) is 5.75 Å². The van der Waals surface area contributed by atoms with Gasteiger partial charge in [0, 0.05) is 25.2 Å². The van der Waals surface area contributed by atoms with Crippen LogP contribution in [0.5, 0.6) is 5.75 Å². The number of guanidine groups is 1. The Bertz CT molecular complexity index is 706. The van der Waals surface area contributed by atoms with Crippen molar-refractivity contribution in [2.24, 2.45) is 4.99 Å². The molecule has 1 aromatic carbocycles. The Morgan fingerprint density at radius 2 is 1.89 bits per heavy atom. The van der Waals surface area contributed by atoms with Crippen molar-refractivity contribution in [1.29, 1.82) is 0 Å². The molecule has 7 nitrogen and oxygen atoms in total. The molecular formula is C21H32N4O3. The summed E-state index contributed by atoms with van der Waals surface area (Å²) in [7, 11) is 1.35. The lowest BCUT2D eigenvalue weighted by Crippen LogP contribution is -2.57. The molecule has 7 heteroatoms. The van der Waals surface area contributed by atoms with Gasteiger partial charge in [0.2, 0.25) is 0 Å². The van der Waals surface area contributed by atoms with E-state index in [4.69, 9.17) is 9.73 Å². The van der Waals surface area contributed by atoms with Gasteiger partial charge in [0.1, 0.15) is 5.75 Å². The van der Waals surface area contributed by atoms with Crippen LogP contribution in [0.1, 0.15) is 56.3 Å². The van der Waals surface area contributed by atoms with Gasteiger partial charge in [-0.05, 0) is 44.9 Å². The average molecular weight is 389 g/mol. The van der Waals surface area contributed by atoms with Gasteiger partial charge in [-0.15, -0.1) is 0 Å². The van der Waals surface area contributed by atoms with Crippen LogP contribution >= 0.6 is 0 Å². The maximum absolute atomic E-state index is 11.9. The van der Waals surface area contributed by atoms with Crippen LogP contribution in [0.4, 0.5) is 5.69 Å². The molecule has 28 heavy (non-hydrogen) atoms. The molecule has 1 heterocycles. The third-order valence-electron chi connectivity index (χ3n) is 5.40. The first-order valence-corrected chi connectivity index (χ1v) is 10.2. The summed E-state index contributed by atoms with van der Waals surface area (Å²) in [6, 6.07) is 5.67. The van der Waals surface area contributed by atoms with E-state index >= 15 is 0 Å². The highest BCUT2D eigenvalue weighted by molar-refractivity contribution is 5.97. The summed E-state index contributed by atoms with van der Waals surface area (Å²) in [5, 5.41) is 17.2. The molecule has 0 aromatic heterocycles. The number of phenols is 1. The van der Waals surface area contributed by atoms with Gasteiger partial charge in [0.05, 0.1) is 24.4 Å². The number of hydrogen-bond donors (Lipinski definition) is 3. The number of carbonyl (C=O) groups is 1. The second-order valence-corrected chi connectivity index (χ2v) is 7.97. The first kappa shape index (κ1) is 20.5. The molecule has 2 atom stereocenters. The molecule has 2 fully saturated rings. The van der Waals surface area contributed by atoms with E-state index in [9.17, 15) is 9.90 Å². The van der Waals surface area contributed by atoms with E-state index in [0.29, 0.717) is 29.4 Å². The number of aliphatic imine (C=N–C) groups is 1. The standard InChI is InChI=1S/C21H32N4O3/c1-14-12-25(13-15(2)22-14)21(23-17-7-5-4-6-8-17)24-18-11-16(20(27)28-3)9-10-19(18)26/h9-11,14-15,17,22,26H,4-8,12-13H2,1-3H3,(H,23,24). The lowest BCUT2D eigenvalue weighted by atomic mass is 9.96. The molecule has 3 N–H and O–H groups in total. The Balaban J connectivity index is 1.88. The summed E-state index contributed by atoms with van der Waals surface area (Å²) in [4.78, 5) is 19.2. The number of phenolic OH excluding ortho intramolecular Hbond substituents is 1. The molecule has 2 aliphatic rings. The van der Waals surface area contributed by atoms with Gasteiger partial charge in [-0.3, -0.25) is 0 Å². The van der Waals surface area contributed by atoms with Crippen molar-refractivity contribution in [3.8, 4) is 5.75 Å². The summed E-state index contributed by atoms with van der Waals surface area (Å²) in [5.74, 6) is 0.419. The number of nitrogens with one attached hydrogen (secondary N) is 2. The zero-order chi connectivity index (χ0) is 20.1. The van der Waals surface area contributed by atoms with Crippen LogP contribution in [0.25, 0.3) is 0 Å². The Hall–Kier alpha value is -2.28. The first-order valence-electron chi connectivity index (χ1n) is 10.2. The van der Waals surface area contributed by atoms with Crippen LogP contribution in [-0.2, 0) is 4.74 Å². The number of esters is 1. The van der Waals surface area contributed by atoms with Crippen molar-refractivity contribution in [2.75, 3.05) is 25.5 Å². The average Bonchev–Trinajstić information content (AvgIpc) is 2.68. The Kier molecular flexibility index (Phi) is 6.78. The molecule has 3 rings (SSSR count). The number of piperazine rings is 1. The molecule has 1 aliphatic carbocycles. The molecule has 1 saturated carbocycles. The van der Waals surface area contributed by atoms with Crippen molar-refractivity contribution in [1.82, 2.24) is 10.2 Å². The number of methoxy groups -OCH3 is 1. The summed E-state index contributed by atoms with van der Waals surface area (Å²) in [6.45, 7) is 5.99. The van der Waals surface area contributed by atoms with Gasteiger partial charge in [0.15, 0.2) is 5.96 Å². The zero-order valence-electron chi connectivity index (χ0n) is 17.1. The minimum absolute atomic E-state index is 0.0835. The molecule has 0 amide bonds. The molecule has 0 spiro atoms. The first-order chi connectivity index (χ1) is 13.5. The second-order valence-electron chi connectivity index (χ2n) is 7.97. The molecule has 2 unspecified atom stereocenters. The van der Waals surface area contributed by atoms with E-state index in [1.165, 1.54) is 32.4 Å². The van der Waals surface area contributed by atoms with Gasteiger partial charge in [-0.1, -0.05) is 19.3 Å². The van der Waals surface area contributed by atoms with E-state index in [2.05, 4.69) is 29.4 Å². The van der Waals surface area contributed by atoms with Gasteiger partial charge in [-0.25, -0.2) is 9.79 Å². The highest BCUT2D eigenvalue weighted by atomic mass is 16.5. The predicted octanol–water partition coefficient (Wildman–Crippen LogP) is 2.96. The van der Waals surface area contributed by atoms with E-state index in [0.717, 1.165) is 31.9 Å². The quantitative estimate of drug-likeness (QED) is 0.319. The molecule has 1 aromatic rings. The Labute approximate surface area is 167 Å². The van der Waals surface area contributed by atoms with Crippen LogP contribution in [0, 0.1) is 0 Å². The molecule has 1 saturated heterocycles. The van der Waals surface area contributed by atoms with Crippen molar-refractivity contribution >= 4 is 17.6 Å². The lowest BCUT2D eigenvalue weighted by molar-refractivity contribution is 0.0601. The number of aromatic hydroxyl groups is 1. The summed E-state index contributed by atoms with van der Waals surface area (Å²) in [5.41, 5.74) is 0.859. The normalized spacial score (nSPS) is 24.1. The van der Waals surface area contributed by atoms with E-state index in [1.54, 1.807) is 12.1 Å². The smallest absolute Gasteiger partial charge is 0.337 e. The largest absolute Gasteiger partial charge is 0.506 e. The second kappa shape index (κ2) is 9.28. The van der Waals surface area contributed by atoms with Crippen LogP contribution < -0.4 is 10.6 Å². The fourth-order valence-electron chi connectivity index (χ4n) is 4.08. The third-order valence-corrected chi connectivity index (χ3v) is 5.40. The summed E-state index contributed by atoms with van der Waals surface area (Å²) >= 11 is 0. The number of ether oxygens (including phenoxy) is 1. The fraction of sp³-hybridized carbons (Fsp3) is 0.619. The lowest BCUT2D eigenvalue weighted by Gasteiger charge is -2.38. The number of hydrogen-bond acceptors (Lipinski definition) is 5. The van der Waals surface area contributed by atoms with Crippen LogP contribution in [0.3, 0.4) is 0 Å². The topological polar surface area (TPSA) is 86.2 Å². The SMILES string of the molecule is COC(=O)c1ccc(O)c(NC(=NC2CCCCC2)N2CC(C)NC(C)C2)c1. The number of carbonyl (C=O) groups excluding carboxylic acids is 1. The van der Waals surface area contributed by atoms with Gasteiger partial charge < -0.3 is 25.4 Å². The van der Waals surface area contributed by atoms with Crippen molar-refractivity contribution in [3.05, 3.63) is 23.8 Å². The van der Waals surface area contributed by atoms with Crippen LogP contribution in [-0.4, -0.2) is 60.3 Å². The van der Waals surface area contributed by atoms with E-state index < -0.39 is 5.97 Å². The number of rotatable bonds is 3. The molecule has 154 valence electrons. The van der Waals surface area contributed by atoms with Crippen LogP contribution in [0.15, 0.2) is 23.2 Å². The van der Waals surface area contributed by atoms with E-state index in [1.807, 2.05) is 0 Å². The summed E-state index contributed by atoms with van der Waals surface area (Å²) < 4.78 is 4.80. The third kappa shape index (κ3) is 5.16. The minimum Gasteiger partial charge on any atom is -0.506 e. The molecule has 1 aliphatic heterocycles. The van der Waals surface area contributed by atoms with Crippen molar-refractivity contribution < 1.29 is 14.6 Å². The van der Waals surface area contributed by atoms with Crippen LogP contribution in [0.2, 0.25) is 0 Å². The number of nitrogens with zero attached hydrogens (tertiary/aromatic N) is 2. The van der Waals surface area contributed by atoms with Gasteiger partial charge in [-0.2, -0.15) is 0 Å². The number of benzene rings is 1. The Morgan fingerprint density at radius 1 is 1.21 bits per heavy atom. The van der Waals surface area contributed by atoms with Crippen molar-refractivity contribution in [3.63, 3.8) is 0 Å². The fourth-order valence-corrected chi connectivity index (χ4v) is 4.08. The molecular weight excluding hydrogens is 356 g/mol. The minimum atomic E-state index is -0.432. The Morgan fingerprint density at radius 3 is 2.54 bits per heavy atom. The maximum atomic E-state index is 11.9. The highest BCUT2D eigenvalue weighted by Crippen LogP contribution is 2.26. The summed E-state index contributed by atoms with van der Waals surface area (Å²) in [6.07, 6.45) is 5.88. The van der Waals surface area contributed by atoms with Gasteiger partial charge >= 0.3 is 5.97 Å². The predicted molar refractivity (Wildman–Crippen MR) is 111 cm³/mol. The number of anilines is 1. The molecule has 0 bridgehead atoms. The van der Waals surface area contributed by atoms with Gasteiger partial charge in [0.25, 0.3) is 0 Å². The highest BCUT2D eigenvalue weighted by Gasteiger charge is 2.25.